The van der Waals surface area contributed by atoms with E-state index in [1.54, 1.807) is 18.3 Å². The van der Waals surface area contributed by atoms with Crippen LogP contribution in [0.15, 0.2) is 23.4 Å². The summed E-state index contributed by atoms with van der Waals surface area (Å²) in [6.45, 7) is 3.99. The van der Waals surface area contributed by atoms with Crippen LogP contribution in [0.3, 0.4) is 0 Å². The molecule has 1 nitrogen and oxygen atoms in total. The van der Waals surface area contributed by atoms with Crippen molar-refractivity contribution in [2.24, 2.45) is 0 Å². The topological polar surface area (TPSA) is 12.9 Å². The molecular weight excluding hydrogens is 235 g/mol. The van der Waals surface area contributed by atoms with Crippen molar-refractivity contribution in [1.82, 2.24) is 4.98 Å². The summed E-state index contributed by atoms with van der Waals surface area (Å²) in [5.41, 5.74) is 0.679. The normalized spacial score (nSPS) is 12.1. The molecule has 0 radical (unpaired) electrons. The first-order valence-electron chi connectivity index (χ1n) is 5.06. The Balaban J connectivity index is 2.71. The lowest BCUT2D eigenvalue weighted by Gasteiger charge is -2.11. The zero-order valence-electron chi connectivity index (χ0n) is 9.21. The number of pyridine rings is 1. The summed E-state index contributed by atoms with van der Waals surface area (Å²) in [6, 6.07) is 3.39. The highest BCUT2D eigenvalue weighted by atomic mass is 32.2. The Bertz CT molecular complexity index is 336. The number of thioether (sulfide) groups is 1. The third-order valence-electron chi connectivity index (χ3n) is 1.88. The average molecular weight is 249 g/mol. The minimum Gasteiger partial charge on any atom is -0.250 e. The Morgan fingerprint density at radius 3 is 2.62 bits per heavy atom. The first-order valence-corrected chi connectivity index (χ1v) is 5.94. The second kappa shape index (κ2) is 5.57. The molecule has 0 spiro atoms. The van der Waals surface area contributed by atoms with Gasteiger partial charge in [-0.2, -0.15) is 13.2 Å². The maximum atomic E-state index is 12.1. The Hall–Kier alpha value is -0.710. The first kappa shape index (κ1) is 13.4. The van der Waals surface area contributed by atoms with Gasteiger partial charge in [-0.3, -0.25) is 0 Å². The summed E-state index contributed by atoms with van der Waals surface area (Å²) in [5, 5.41) is 1.03. The highest BCUT2D eigenvalue weighted by Crippen LogP contribution is 2.28. The predicted octanol–water partition coefficient (Wildman–Crippen LogP) is 4.08. The quantitative estimate of drug-likeness (QED) is 0.746. The van der Waals surface area contributed by atoms with Gasteiger partial charge in [-0.15, -0.1) is 11.8 Å². The lowest BCUT2D eigenvalue weighted by molar-refractivity contribution is -0.134. The fourth-order valence-corrected chi connectivity index (χ4v) is 2.11. The van der Waals surface area contributed by atoms with E-state index in [0.717, 1.165) is 0 Å². The van der Waals surface area contributed by atoms with Crippen LogP contribution in [0, 0.1) is 0 Å². The number of halogens is 3. The third kappa shape index (κ3) is 4.88. The van der Waals surface area contributed by atoms with Crippen molar-refractivity contribution in [3.05, 3.63) is 23.9 Å². The van der Waals surface area contributed by atoms with Crippen LogP contribution in [0.1, 0.15) is 25.8 Å². The molecule has 0 fully saturated rings. The van der Waals surface area contributed by atoms with Crippen molar-refractivity contribution >= 4 is 11.8 Å². The average Bonchev–Trinajstić information content (AvgIpc) is 2.14. The van der Waals surface area contributed by atoms with Crippen molar-refractivity contribution < 1.29 is 13.2 Å². The minimum absolute atomic E-state index is 0.00634. The number of alkyl halides is 3. The Kier molecular flexibility index (Phi) is 4.65. The summed E-state index contributed by atoms with van der Waals surface area (Å²) >= 11 is 1.50. The first-order chi connectivity index (χ1) is 7.38. The number of rotatable bonds is 4. The van der Waals surface area contributed by atoms with Crippen LogP contribution in [0.5, 0.6) is 0 Å². The van der Waals surface area contributed by atoms with Crippen molar-refractivity contribution in [2.75, 3.05) is 0 Å². The molecule has 0 aliphatic rings. The van der Waals surface area contributed by atoms with Crippen LogP contribution in [-0.4, -0.2) is 16.4 Å². The van der Waals surface area contributed by atoms with Gasteiger partial charge in [-0.05, 0) is 18.1 Å². The highest BCUT2D eigenvalue weighted by Gasteiger charge is 2.27. The van der Waals surface area contributed by atoms with Crippen LogP contribution in [-0.2, 0) is 6.42 Å². The van der Waals surface area contributed by atoms with Crippen molar-refractivity contribution in [1.29, 1.82) is 0 Å². The number of aromatic nitrogens is 1. The molecule has 5 heteroatoms. The number of hydrogen-bond donors (Lipinski definition) is 0. The van der Waals surface area contributed by atoms with E-state index >= 15 is 0 Å². The lowest BCUT2D eigenvalue weighted by atomic mass is 10.1. The van der Waals surface area contributed by atoms with Gasteiger partial charge in [0.25, 0.3) is 0 Å². The van der Waals surface area contributed by atoms with Gasteiger partial charge in [-0.1, -0.05) is 19.9 Å². The molecule has 0 aromatic carbocycles. The molecule has 0 atom stereocenters. The molecule has 0 saturated carbocycles. The minimum atomic E-state index is -4.10. The van der Waals surface area contributed by atoms with E-state index in [0.29, 0.717) is 15.8 Å². The fourth-order valence-electron chi connectivity index (χ4n) is 1.22. The van der Waals surface area contributed by atoms with E-state index < -0.39 is 12.6 Å². The van der Waals surface area contributed by atoms with Crippen LogP contribution >= 0.6 is 11.8 Å². The molecule has 0 amide bonds. The molecule has 90 valence electrons. The molecule has 0 aliphatic heterocycles. The van der Waals surface area contributed by atoms with Crippen molar-refractivity contribution in [3.8, 4) is 0 Å². The summed E-state index contributed by atoms with van der Waals surface area (Å²) in [7, 11) is 0. The molecule has 0 aliphatic carbocycles. The zero-order chi connectivity index (χ0) is 12.2. The van der Waals surface area contributed by atoms with Gasteiger partial charge in [0.15, 0.2) is 0 Å². The molecule has 0 bridgehead atoms. The Morgan fingerprint density at radius 1 is 1.38 bits per heavy atom. The zero-order valence-corrected chi connectivity index (χ0v) is 10.0. The molecule has 0 N–H and O–H groups in total. The molecule has 16 heavy (non-hydrogen) atoms. The summed E-state index contributed by atoms with van der Waals surface area (Å²) in [5.74, 6) is 0. The van der Waals surface area contributed by atoms with E-state index in [-0.39, 0.29) is 6.42 Å². The van der Waals surface area contributed by atoms with Crippen LogP contribution < -0.4 is 0 Å². The van der Waals surface area contributed by atoms with Crippen LogP contribution in [0.4, 0.5) is 13.2 Å². The van der Waals surface area contributed by atoms with Crippen molar-refractivity contribution in [2.45, 2.75) is 43.1 Å². The summed E-state index contributed by atoms with van der Waals surface area (Å²) in [6.07, 6.45) is -3.27. The molecule has 0 saturated heterocycles. The van der Waals surface area contributed by atoms with Crippen LogP contribution in [0.25, 0.3) is 0 Å². The largest absolute Gasteiger partial charge is 0.389 e. The van der Waals surface area contributed by atoms with E-state index in [2.05, 4.69) is 4.98 Å². The third-order valence-corrected chi connectivity index (χ3v) is 2.94. The molecule has 1 aromatic heterocycles. The van der Waals surface area contributed by atoms with Crippen molar-refractivity contribution in [3.63, 3.8) is 0 Å². The molecule has 1 aromatic rings. The summed E-state index contributed by atoms with van der Waals surface area (Å²) < 4.78 is 36.3. The SMILES string of the molecule is CC(C)Sc1ncccc1CCC(F)(F)F. The maximum absolute atomic E-state index is 12.1. The van der Waals surface area contributed by atoms with Gasteiger partial charge in [0.2, 0.25) is 0 Å². The van der Waals surface area contributed by atoms with Gasteiger partial charge in [-0.25, -0.2) is 4.98 Å². The predicted molar refractivity (Wildman–Crippen MR) is 59.6 cm³/mol. The van der Waals surface area contributed by atoms with E-state index in [1.807, 2.05) is 13.8 Å². The van der Waals surface area contributed by atoms with E-state index in [9.17, 15) is 13.2 Å². The molecule has 0 unspecified atom stereocenters. The maximum Gasteiger partial charge on any atom is 0.389 e. The van der Waals surface area contributed by atoms with E-state index in [1.165, 1.54) is 11.8 Å². The lowest BCUT2D eigenvalue weighted by Crippen LogP contribution is -2.09. The Labute approximate surface area is 97.5 Å². The van der Waals surface area contributed by atoms with Gasteiger partial charge < -0.3 is 0 Å². The van der Waals surface area contributed by atoms with Gasteiger partial charge >= 0.3 is 6.18 Å². The van der Waals surface area contributed by atoms with E-state index in [4.69, 9.17) is 0 Å². The van der Waals surface area contributed by atoms with Gasteiger partial charge in [0, 0.05) is 17.9 Å². The fraction of sp³-hybridized carbons (Fsp3) is 0.545. The Morgan fingerprint density at radius 2 is 2.06 bits per heavy atom. The second-order valence-corrected chi connectivity index (χ2v) is 5.31. The second-order valence-electron chi connectivity index (χ2n) is 3.75. The van der Waals surface area contributed by atoms with Crippen LogP contribution in [0.2, 0.25) is 0 Å². The number of aryl methyl sites for hydroxylation is 1. The number of hydrogen-bond acceptors (Lipinski definition) is 2. The number of nitrogens with zero attached hydrogens (tertiary/aromatic N) is 1. The van der Waals surface area contributed by atoms with Gasteiger partial charge in [0.1, 0.15) is 0 Å². The smallest absolute Gasteiger partial charge is 0.250 e. The standard InChI is InChI=1S/C11H14F3NS/c1-8(2)16-10-9(4-3-7-15-10)5-6-11(12,13)14/h3-4,7-8H,5-6H2,1-2H3. The van der Waals surface area contributed by atoms with Gasteiger partial charge in [0.05, 0.1) is 5.03 Å². The molecule has 1 heterocycles. The summed E-state index contributed by atoms with van der Waals surface area (Å²) in [4.78, 5) is 4.12. The molecular formula is C11H14F3NS. The molecule has 1 rings (SSSR count). The highest BCUT2D eigenvalue weighted by molar-refractivity contribution is 7.99. The monoisotopic (exact) mass is 249 g/mol.